The van der Waals surface area contributed by atoms with E-state index in [1.54, 1.807) is 6.08 Å². The Morgan fingerprint density at radius 1 is 0.923 bits per heavy atom. The summed E-state index contributed by atoms with van der Waals surface area (Å²) in [6.07, 6.45) is 12.2. The van der Waals surface area contributed by atoms with Crippen molar-refractivity contribution >= 4 is 0 Å². The van der Waals surface area contributed by atoms with Crippen LogP contribution in [0.4, 0.5) is 0 Å². The molecular weight excluding hydrogens is 156 g/mol. The van der Waals surface area contributed by atoms with E-state index in [1.807, 2.05) is 25.2 Å². The molecule has 0 N–H and O–H groups in total. The average molecular weight is 164 g/mol. The van der Waals surface area contributed by atoms with Gasteiger partial charge >= 0.3 is 0 Å². The minimum absolute atomic E-state index is 1.71. The molecule has 0 amide bonds. The van der Waals surface area contributed by atoms with Gasteiger partial charge in [-0.2, -0.15) is 0 Å². The maximum absolute atomic E-state index is 4.88. The molecule has 0 spiro atoms. The van der Waals surface area contributed by atoms with Crippen LogP contribution in [0.3, 0.4) is 0 Å². The number of terminal acetylenes is 1. The highest BCUT2D eigenvalue weighted by atomic mass is 13.6. The van der Waals surface area contributed by atoms with Gasteiger partial charge in [0.2, 0.25) is 0 Å². The molecule has 0 aliphatic heterocycles. The molecule has 0 aliphatic carbocycles. The van der Waals surface area contributed by atoms with Crippen LogP contribution < -0.4 is 0 Å². The number of allylic oxidation sites excluding steroid dienone is 4. The highest BCUT2D eigenvalue weighted by molar-refractivity contribution is 5.40. The molecule has 13 heavy (non-hydrogen) atoms. The van der Waals surface area contributed by atoms with Crippen molar-refractivity contribution in [3.63, 3.8) is 0 Å². The quantitative estimate of drug-likeness (QED) is 0.409. The van der Waals surface area contributed by atoms with E-state index in [0.717, 1.165) is 0 Å². The first kappa shape index (κ1) is 10.7. The Hall–Kier alpha value is -2.28. The fraction of sp³-hybridized carbons (Fsp3) is 0.0769. The molecule has 0 bridgehead atoms. The Labute approximate surface area is 79.7 Å². The maximum atomic E-state index is 4.88. The highest BCUT2D eigenvalue weighted by Crippen LogP contribution is 1.73. The molecule has 0 heteroatoms. The number of rotatable bonds is 1. The molecule has 0 atom stereocenters. The summed E-state index contributed by atoms with van der Waals surface area (Å²) in [5.41, 5.74) is 0. The van der Waals surface area contributed by atoms with Gasteiger partial charge in [0.1, 0.15) is 0 Å². The molecule has 0 heterocycles. The molecule has 0 saturated heterocycles. The average Bonchev–Trinajstić information content (AvgIpc) is 2.16. The van der Waals surface area contributed by atoms with E-state index < -0.39 is 0 Å². The van der Waals surface area contributed by atoms with Gasteiger partial charge in [0.05, 0.1) is 0 Å². The first-order chi connectivity index (χ1) is 6.41. The van der Waals surface area contributed by atoms with Gasteiger partial charge in [0.15, 0.2) is 0 Å². The van der Waals surface area contributed by atoms with Crippen LogP contribution in [0.5, 0.6) is 0 Å². The lowest BCUT2D eigenvalue weighted by molar-refractivity contribution is 1.74. The van der Waals surface area contributed by atoms with Gasteiger partial charge in [-0.1, -0.05) is 24.1 Å². The molecule has 0 saturated carbocycles. The minimum Gasteiger partial charge on any atom is -0.106 e. The van der Waals surface area contributed by atoms with E-state index in [1.165, 1.54) is 0 Å². The Balaban J connectivity index is 3.99. The van der Waals surface area contributed by atoms with Crippen molar-refractivity contribution in [3.05, 3.63) is 24.3 Å². The zero-order valence-electron chi connectivity index (χ0n) is 7.39. The predicted octanol–water partition coefficient (Wildman–Crippen LogP) is 1.76. The van der Waals surface area contributed by atoms with Crippen molar-refractivity contribution in [2.45, 2.75) is 6.92 Å². The van der Waals surface area contributed by atoms with Gasteiger partial charge in [-0.25, -0.2) is 0 Å². The standard InChI is InChI=1S/C13H8/c1-3-5-7-9-11-13-12-10-8-6-4-2/h1,4,6,8,10H,2H3/b6-4+,10-8+. The Morgan fingerprint density at radius 2 is 1.62 bits per heavy atom. The lowest BCUT2D eigenvalue weighted by Gasteiger charge is -1.64. The maximum Gasteiger partial charge on any atom is -0.0000227 e. The fourth-order valence-corrected chi connectivity index (χ4v) is 0.422. The SMILES string of the molecule is C#CC#CC#CC#C/C=C/C=C/C. The first-order valence-corrected chi connectivity index (χ1v) is 3.65. The summed E-state index contributed by atoms with van der Waals surface area (Å²) in [6, 6.07) is 0. The molecule has 0 nitrogen and oxygen atoms in total. The highest BCUT2D eigenvalue weighted by Gasteiger charge is 1.57. The van der Waals surface area contributed by atoms with E-state index >= 15 is 0 Å². The summed E-state index contributed by atoms with van der Waals surface area (Å²) in [5, 5.41) is 0. The van der Waals surface area contributed by atoms with Crippen LogP contribution in [0.25, 0.3) is 0 Å². The van der Waals surface area contributed by atoms with Crippen LogP contribution in [0, 0.1) is 47.9 Å². The van der Waals surface area contributed by atoms with Crippen molar-refractivity contribution in [2.75, 3.05) is 0 Å². The van der Waals surface area contributed by atoms with Crippen LogP contribution in [-0.4, -0.2) is 0 Å². The summed E-state index contributed by atoms with van der Waals surface area (Å²) < 4.78 is 0. The molecule has 0 aromatic carbocycles. The van der Waals surface area contributed by atoms with Crippen LogP contribution in [0.15, 0.2) is 24.3 Å². The van der Waals surface area contributed by atoms with Crippen molar-refractivity contribution in [2.24, 2.45) is 0 Å². The molecule has 0 aromatic heterocycles. The monoisotopic (exact) mass is 164 g/mol. The van der Waals surface area contributed by atoms with Crippen LogP contribution in [-0.2, 0) is 0 Å². The summed E-state index contributed by atoms with van der Waals surface area (Å²) in [4.78, 5) is 0. The smallest absolute Gasteiger partial charge is 0.0000227 e. The van der Waals surface area contributed by atoms with E-state index in [2.05, 4.69) is 41.4 Å². The Kier molecular flexibility index (Phi) is 8.02. The van der Waals surface area contributed by atoms with E-state index in [9.17, 15) is 0 Å². The van der Waals surface area contributed by atoms with E-state index in [0.29, 0.717) is 0 Å². The molecular formula is C13H8. The van der Waals surface area contributed by atoms with Crippen LogP contribution >= 0.6 is 0 Å². The van der Waals surface area contributed by atoms with Crippen molar-refractivity contribution < 1.29 is 0 Å². The topological polar surface area (TPSA) is 0 Å². The van der Waals surface area contributed by atoms with Crippen LogP contribution in [0.2, 0.25) is 0 Å². The van der Waals surface area contributed by atoms with Crippen LogP contribution in [0.1, 0.15) is 6.92 Å². The van der Waals surface area contributed by atoms with Crippen molar-refractivity contribution in [1.82, 2.24) is 0 Å². The zero-order chi connectivity index (χ0) is 9.78. The summed E-state index contributed by atoms with van der Waals surface area (Å²) in [7, 11) is 0. The molecule has 0 aromatic rings. The molecule has 0 radical (unpaired) electrons. The lowest BCUT2D eigenvalue weighted by Crippen LogP contribution is -1.53. The van der Waals surface area contributed by atoms with Gasteiger partial charge in [-0.3, -0.25) is 0 Å². The largest absolute Gasteiger partial charge is 0.106 e. The molecule has 0 rings (SSSR count). The zero-order valence-corrected chi connectivity index (χ0v) is 7.39. The summed E-state index contributed by atoms with van der Waals surface area (Å²) in [6.45, 7) is 1.94. The number of hydrogen-bond acceptors (Lipinski definition) is 0. The van der Waals surface area contributed by atoms with Crippen molar-refractivity contribution in [1.29, 1.82) is 0 Å². The Bertz CT molecular complexity index is 406. The second-order valence-electron chi connectivity index (χ2n) is 1.80. The second-order valence-corrected chi connectivity index (χ2v) is 1.80. The fourth-order valence-electron chi connectivity index (χ4n) is 0.422. The van der Waals surface area contributed by atoms with Gasteiger partial charge in [-0.15, -0.1) is 6.42 Å². The molecule has 60 valence electrons. The summed E-state index contributed by atoms with van der Waals surface area (Å²) >= 11 is 0. The Morgan fingerprint density at radius 3 is 2.31 bits per heavy atom. The first-order valence-electron chi connectivity index (χ1n) is 3.65. The van der Waals surface area contributed by atoms with E-state index in [-0.39, 0.29) is 0 Å². The minimum atomic E-state index is 1.71. The van der Waals surface area contributed by atoms with Gasteiger partial charge in [0, 0.05) is 0 Å². The third-order valence-electron chi connectivity index (χ3n) is 0.877. The predicted molar refractivity (Wildman–Crippen MR) is 56.1 cm³/mol. The molecule has 0 fully saturated rings. The third-order valence-corrected chi connectivity index (χ3v) is 0.877. The second kappa shape index (κ2) is 9.72. The number of hydrogen-bond donors (Lipinski definition) is 0. The third kappa shape index (κ3) is 9.72. The van der Waals surface area contributed by atoms with Gasteiger partial charge < -0.3 is 0 Å². The van der Waals surface area contributed by atoms with Gasteiger partial charge in [-0.05, 0) is 48.5 Å². The normalized spacial score (nSPS) is 7.38. The lowest BCUT2D eigenvalue weighted by atomic mass is 10.4. The molecule has 0 aliphatic rings. The van der Waals surface area contributed by atoms with Crippen molar-refractivity contribution in [3.8, 4) is 47.9 Å². The van der Waals surface area contributed by atoms with Gasteiger partial charge in [0.25, 0.3) is 0 Å². The molecule has 0 unspecified atom stereocenters. The van der Waals surface area contributed by atoms with E-state index in [4.69, 9.17) is 6.42 Å². The summed E-state index contributed by atoms with van der Waals surface area (Å²) in [5.74, 6) is 17.3.